The molecule has 0 aromatic carbocycles. The van der Waals surface area contributed by atoms with Crippen LogP contribution in [0.5, 0.6) is 0 Å². The number of nitrogens with zero attached hydrogens (tertiary/aromatic N) is 4. The molecule has 2 unspecified atom stereocenters. The highest BCUT2D eigenvalue weighted by Crippen LogP contribution is 2.38. The zero-order chi connectivity index (χ0) is 18.6. The van der Waals surface area contributed by atoms with Crippen LogP contribution in [0.25, 0.3) is 0 Å². The summed E-state index contributed by atoms with van der Waals surface area (Å²) in [5.74, 6) is 0. The smallest absolute Gasteiger partial charge is 0.170 e. The Morgan fingerprint density at radius 1 is 1.04 bits per heavy atom. The van der Waals surface area contributed by atoms with Gasteiger partial charge in [-0.2, -0.15) is 0 Å². The number of hydrogen-bond acceptors (Lipinski definition) is 3. The van der Waals surface area contributed by atoms with Crippen molar-refractivity contribution >= 4 is 17.3 Å². The second kappa shape index (κ2) is 7.88. The van der Waals surface area contributed by atoms with Gasteiger partial charge >= 0.3 is 0 Å². The van der Waals surface area contributed by atoms with Crippen molar-refractivity contribution in [2.75, 3.05) is 6.54 Å². The molecule has 4 rings (SSSR count). The van der Waals surface area contributed by atoms with Gasteiger partial charge in [0.05, 0.1) is 30.0 Å². The van der Waals surface area contributed by atoms with E-state index in [9.17, 15) is 0 Å². The monoisotopic (exact) mass is 377 g/mol. The molecule has 0 saturated carbocycles. The predicted octanol–water partition coefficient (Wildman–Crippen LogP) is 3.71. The van der Waals surface area contributed by atoms with Crippen molar-refractivity contribution in [1.82, 2.24) is 24.8 Å². The number of nitrogens with one attached hydrogen (secondary N) is 1. The Morgan fingerprint density at radius 2 is 1.85 bits per heavy atom. The minimum absolute atomic E-state index is 0.0302. The molecule has 0 amide bonds. The third-order valence-corrected chi connectivity index (χ3v) is 5.24. The molecular weight excluding hydrogens is 354 g/mol. The Labute approximate surface area is 165 Å². The van der Waals surface area contributed by atoms with Crippen LogP contribution in [0.3, 0.4) is 0 Å². The SMILES string of the molecule is CCCN1C(=S)NC(c2ccccn2)C1c1cccn1Cc1ccccn1. The van der Waals surface area contributed by atoms with Gasteiger partial charge in [-0.1, -0.05) is 19.1 Å². The molecule has 0 spiro atoms. The molecule has 5 nitrogen and oxygen atoms in total. The Bertz CT molecular complexity index is 893. The molecule has 1 N–H and O–H groups in total. The highest BCUT2D eigenvalue weighted by molar-refractivity contribution is 7.80. The maximum atomic E-state index is 5.67. The average Bonchev–Trinajstić information content (AvgIpc) is 3.28. The summed E-state index contributed by atoms with van der Waals surface area (Å²) in [6.45, 7) is 3.83. The summed E-state index contributed by atoms with van der Waals surface area (Å²) in [6.07, 6.45) is 6.83. The molecule has 27 heavy (non-hydrogen) atoms. The molecule has 3 aromatic heterocycles. The molecule has 1 fully saturated rings. The average molecular weight is 378 g/mol. The lowest BCUT2D eigenvalue weighted by atomic mass is 10.0. The summed E-state index contributed by atoms with van der Waals surface area (Å²) in [5.41, 5.74) is 3.27. The largest absolute Gasteiger partial charge is 0.352 e. The lowest BCUT2D eigenvalue weighted by molar-refractivity contribution is 0.304. The Kier molecular flexibility index (Phi) is 5.16. The van der Waals surface area contributed by atoms with Gasteiger partial charge in [-0.05, 0) is 55.0 Å². The molecule has 4 heterocycles. The van der Waals surface area contributed by atoms with Crippen molar-refractivity contribution in [3.63, 3.8) is 0 Å². The Morgan fingerprint density at radius 3 is 2.56 bits per heavy atom. The van der Waals surface area contributed by atoms with Crippen LogP contribution < -0.4 is 5.32 Å². The molecule has 1 aliphatic rings. The topological polar surface area (TPSA) is 46.0 Å². The summed E-state index contributed by atoms with van der Waals surface area (Å²) in [7, 11) is 0. The number of thiocarbonyl (C=S) groups is 1. The third kappa shape index (κ3) is 3.57. The van der Waals surface area contributed by atoms with Gasteiger partial charge < -0.3 is 14.8 Å². The zero-order valence-electron chi connectivity index (χ0n) is 15.3. The van der Waals surface area contributed by atoms with Gasteiger partial charge in [-0.3, -0.25) is 9.97 Å². The van der Waals surface area contributed by atoms with Crippen LogP contribution in [-0.2, 0) is 6.54 Å². The normalized spacial score (nSPS) is 19.3. The molecule has 3 aromatic rings. The van der Waals surface area contributed by atoms with Crippen molar-refractivity contribution in [2.45, 2.75) is 32.0 Å². The number of rotatable bonds is 6. The first-order valence-electron chi connectivity index (χ1n) is 9.31. The molecule has 2 atom stereocenters. The van der Waals surface area contributed by atoms with Gasteiger partial charge in [0.15, 0.2) is 5.11 Å². The van der Waals surface area contributed by atoms with Crippen molar-refractivity contribution < 1.29 is 0 Å². The minimum Gasteiger partial charge on any atom is -0.352 e. The van der Waals surface area contributed by atoms with Crippen molar-refractivity contribution in [3.05, 3.63) is 84.2 Å². The summed E-state index contributed by atoms with van der Waals surface area (Å²) in [6, 6.07) is 16.5. The van der Waals surface area contributed by atoms with Crippen LogP contribution in [-0.4, -0.2) is 31.1 Å². The maximum absolute atomic E-state index is 5.67. The van der Waals surface area contributed by atoms with Crippen LogP contribution in [0.15, 0.2) is 67.1 Å². The third-order valence-electron chi connectivity index (χ3n) is 4.89. The van der Waals surface area contributed by atoms with Gasteiger partial charge in [0.2, 0.25) is 0 Å². The van der Waals surface area contributed by atoms with E-state index >= 15 is 0 Å². The fraction of sp³-hybridized carbons (Fsp3) is 0.286. The first-order valence-corrected chi connectivity index (χ1v) is 9.71. The summed E-state index contributed by atoms with van der Waals surface area (Å²) < 4.78 is 2.27. The number of aromatic nitrogens is 3. The lowest BCUT2D eigenvalue weighted by Crippen LogP contribution is -2.31. The van der Waals surface area contributed by atoms with Crippen molar-refractivity contribution in [1.29, 1.82) is 0 Å². The van der Waals surface area contributed by atoms with Gasteiger partial charge in [0, 0.05) is 30.8 Å². The fourth-order valence-corrected chi connectivity index (χ4v) is 4.05. The number of pyridine rings is 2. The van der Waals surface area contributed by atoms with Crippen LogP contribution in [0.1, 0.15) is 42.5 Å². The van der Waals surface area contributed by atoms with E-state index in [1.54, 1.807) is 0 Å². The summed E-state index contributed by atoms with van der Waals surface area (Å²) in [5, 5.41) is 4.29. The van der Waals surface area contributed by atoms with Gasteiger partial charge in [0.25, 0.3) is 0 Å². The Hall–Kier alpha value is -2.73. The molecular formula is C21H23N5S. The first kappa shape index (κ1) is 17.7. The van der Waals surface area contributed by atoms with Gasteiger partial charge in [-0.15, -0.1) is 0 Å². The molecule has 138 valence electrons. The first-order chi connectivity index (χ1) is 13.3. The zero-order valence-corrected chi connectivity index (χ0v) is 16.1. The molecule has 0 aliphatic carbocycles. The van der Waals surface area contributed by atoms with E-state index in [0.717, 1.165) is 36.0 Å². The van der Waals surface area contributed by atoms with Crippen LogP contribution in [0, 0.1) is 0 Å². The van der Waals surface area contributed by atoms with E-state index in [1.807, 2.05) is 36.7 Å². The van der Waals surface area contributed by atoms with Gasteiger partial charge in [0.1, 0.15) is 0 Å². The summed E-state index contributed by atoms with van der Waals surface area (Å²) in [4.78, 5) is 11.4. The highest BCUT2D eigenvalue weighted by atomic mass is 32.1. The molecule has 6 heteroatoms. The van der Waals surface area contributed by atoms with E-state index in [-0.39, 0.29) is 12.1 Å². The van der Waals surface area contributed by atoms with E-state index in [1.165, 1.54) is 5.69 Å². The van der Waals surface area contributed by atoms with Crippen LogP contribution in [0.4, 0.5) is 0 Å². The van der Waals surface area contributed by atoms with E-state index in [2.05, 4.69) is 62.1 Å². The molecule has 0 bridgehead atoms. The van der Waals surface area contributed by atoms with Crippen molar-refractivity contribution in [2.24, 2.45) is 0 Å². The number of hydrogen-bond donors (Lipinski definition) is 1. The molecule has 1 aliphatic heterocycles. The predicted molar refractivity (Wildman–Crippen MR) is 110 cm³/mol. The van der Waals surface area contributed by atoms with Gasteiger partial charge in [-0.25, -0.2) is 0 Å². The van der Waals surface area contributed by atoms with Crippen molar-refractivity contribution in [3.8, 4) is 0 Å². The standard InChI is InChI=1S/C21H23N5S/c1-2-13-26-20(19(24-21(26)27)17-9-4-6-12-23-17)18-10-7-14-25(18)15-16-8-3-5-11-22-16/h3-12,14,19-20H,2,13,15H2,1H3,(H,24,27). The second-order valence-corrected chi connectivity index (χ2v) is 7.09. The maximum Gasteiger partial charge on any atom is 0.170 e. The van der Waals surface area contributed by atoms with E-state index in [4.69, 9.17) is 12.2 Å². The fourth-order valence-electron chi connectivity index (χ4n) is 3.71. The quantitative estimate of drug-likeness (QED) is 0.664. The van der Waals surface area contributed by atoms with E-state index in [0.29, 0.717) is 0 Å². The van der Waals surface area contributed by atoms with E-state index < -0.39 is 0 Å². The van der Waals surface area contributed by atoms with Crippen LogP contribution >= 0.6 is 12.2 Å². The molecule has 0 radical (unpaired) electrons. The lowest BCUT2D eigenvalue weighted by Gasteiger charge is -2.28. The molecule has 1 saturated heterocycles. The van der Waals surface area contributed by atoms with Crippen LogP contribution in [0.2, 0.25) is 0 Å². The summed E-state index contributed by atoms with van der Waals surface area (Å²) >= 11 is 5.67. The Balaban J connectivity index is 1.72. The highest BCUT2D eigenvalue weighted by Gasteiger charge is 2.40. The minimum atomic E-state index is 0.0302. The second-order valence-electron chi connectivity index (χ2n) is 6.70.